The highest BCUT2D eigenvalue weighted by Gasteiger charge is 2.42. The fourth-order valence-corrected chi connectivity index (χ4v) is 4.97. The van der Waals surface area contributed by atoms with Gasteiger partial charge in [0, 0.05) is 48.2 Å². The van der Waals surface area contributed by atoms with E-state index in [-0.39, 0.29) is 23.3 Å². The highest BCUT2D eigenvalue weighted by atomic mass is 16.1. The van der Waals surface area contributed by atoms with Crippen LogP contribution in [0.25, 0.3) is 0 Å². The van der Waals surface area contributed by atoms with E-state index in [9.17, 15) is 14.4 Å². The molecule has 4 heteroatoms. The maximum Gasteiger partial charge on any atom is 0.192 e. The number of benzene rings is 1. The van der Waals surface area contributed by atoms with Crippen LogP contribution in [-0.4, -0.2) is 24.4 Å². The quantitative estimate of drug-likeness (QED) is 0.808. The van der Waals surface area contributed by atoms with E-state index in [0.717, 1.165) is 70.3 Å². The van der Waals surface area contributed by atoms with E-state index in [4.69, 9.17) is 0 Å². The summed E-state index contributed by atoms with van der Waals surface area (Å²) in [6.45, 7) is 3.89. The zero-order chi connectivity index (χ0) is 19.3. The summed E-state index contributed by atoms with van der Waals surface area (Å²) >= 11 is 0. The number of aryl methyl sites for hydroxylation is 1. The second-order valence-corrected chi connectivity index (χ2v) is 7.88. The number of nitrogens with one attached hydrogen (secondary N) is 1. The second kappa shape index (κ2) is 6.59. The van der Waals surface area contributed by atoms with Gasteiger partial charge in [-0.15, -0.1) is 0 Å². The molecular weight excluding hydrogens is 338 g/mol. The monoisotopic (exact) mass is 363 g/mol. The van der Waals surface area contributed by atoms with Gasteiger partial charge in [0.1, 0.15) is 0 Å². The van der Waals surface area contributed by atoms with Gasteiger partial charge < -0.3 is 5.32 Å². The van der Waals surface area contributed by atoms with Gasteiger partial charge in [-0.1, -0.05) is 11.6 Å². The van der Waals surface area contributed by atoms with Crippen LogP contribution in [-0.2, 0) is 11.2 Å². The van der Waals surface area contributed by atoms with Gasteiger partial charge in [-0.25, -0.2) is 0 Å². The van der Waals surface area contributed by atoms with E-state index >= 15 is 0 Å². The lowest BCUT2D eigenvalue weighted by Gasteiger charge is -2.24. The number of hydrogen-bond acceptors (Lipinski definition) is 4. The van der Waals surface area contributed by atoms with Crippen LogP contribution in [0.3, 0.4) is 0 Å². The average Bonchev–Trinajstić information content (AvgIpc) is 2.93. The van der Waals surface area contributed by atoms with E-state index < -0.39 is 0 Å². The molecule has 1 aromatic carbocycles. The zero-order valence-corrected chi connectivity index (χ0v) is 16.2. The van der Waals surface area contributed by atoms with Gasteiger partial charge in [-0.3, -0.25) is 14.4 Å². The molecule has 27 heavy (non-hydrogen) atoms. The fourth-order valence-electron chi connectivity index (χ4n) is 4.97. The smallest absolute Gasteiger partial charge is 0.192 e. The Morgan fingerprint density at radius 3 is 2.48 bits per heavy atom. The third-order valence-corrected chi connectivity index (χ3v) is 6.22. The molecule has 1 N–H and O–H groups in total. The molecule has 140 valence electrons. The summed E-state index contributed by atoms with van der Waals surface area (Å²) in [6, 6.07) is 2.02. The molecule has 1 unspecified atom stereocenters. The Kier molecular flexibility index (Phi) is 4.37. The lowest BCUT2D eigenvalue weighted by atomic mass is 9.79. The van der Waals surface area contributed by atoms with Gasteiger partial charge >= 0.3 is 0 Å². The average molecular weight is 363 g/mol. The molecule has 1 aromatic rings. The van der Waals surface area contributed by atoms with Gasteiger partial charge in [0.25, 0.3) is 0 Å². The Morgan fingerprint density at radius 2 is 1.78 bits per heavy atom. The van der Waals surface area contributed by atoms with Crippen molar-refractivity contribution in [2.24, 2.45) is 0 Å². The van der Waals surface area contributed by atoms with E-state index in [0.29, 0.717) is 12.8 Å². The number of allylic oxidation sites excluding steroid dienone is 4. The third kappa shape index (κ3) is 2.70. The Balaban J connectivity index is 2.01. The maximum atomic E-state index is 13.5. The van der Waals surface area contributed by atoms with E-state index in [2.05, 4.69) is 5.32 Å². The first-order valence-electron chi connectivity index (χ1n) is 9.80. The van der Waals surface area contributed by atoms with E-state index in [1.54, 1.807) is 6.08 Å². The zero-order valence-electron chi connectivity index (χ0n) is 16.2. The van der Waals surface area contributed by atoms with Crippen molar-refractivity contribution < 1.29 is 14.4 Å². The number of hydrogen-bond donors (Lipinski definition) is 1. The first kappa shape index (κ1) is 17.9. The predicted octanol–water partition coefficient (Wildman–Crippen LogP) is 3.97. The molecular formula is C23H25NO3. The molecule has 0 heterocycles. The molecule has 4 nitrogen and oxygen atoms in total. The molecule has 0 radical (unpaired) electrons. The number of fused-ring (bicyclic) bond motifs is 3. The first-order valence-corrected chi connectivity index (χ1v) is 9.80. The fraction of sp³-hybridized carbons (Fsp3) is 0.435. The number of rotatable bonds is 2. The first-order chi connectivity index (χ1) is 12.9. The van der Waals surface area contributed by atoms with Crippen molar-refractivity contribution in [1.82, 2.24) is 5.32 Å². The summed E-state index contributed by atoms with van der Waals surface area (Å²) in [5, 5.41) is 3.14. The maximum absolute atomic E-state index is 13.5. The molecule has 0 fully saturated rings. The van der Waals surface area contributed by atoms with Crippen LogP contribution in [0.4, 0.5) is 0 Å². The molecule has 3 aliphatic rings. The Hall–Kier alpha value is -2.49. The molecule has 0 aliphatic heterocycles. The van der Waals surface area contributed by atoms with Gasteiger partial charge in [0.15, 0.2) is 17.3 Å². The molecule has 0 spiro atoms. The standard InChI is InChI=1S/C23H25NO3/c1-12-10-17-21(14-6-4-7-15(25)11-14)20(13(2)24-3)23(27)22(17)16-8-5-9-18(26)19(12)16/h10-11,21,24H,4-9H2,1-3H3. The van der Waals surface area contributed by atoms with E-state index in [1.807, 2.05) is 27.0 Å². The molecule has 0 aromatic heterocycles. The number of ketones is 3. The van der Waals surface area contributed by atoms with Crippen LogP contribution < -0.4 is 5.32 Å². The van der Waals surface area contributed by atoms with Crippen molar-refractivity contribution in [2.75, 3.05) is 7.05 Å². The van der Waals surface area contributed by atoms with Crippen LogP contribution in [0, 0.1) is 6.92 Å². The van der Waals surface area contributed by atoms with E-state index in [1.165, 1.54) is 0 Å². The molecule has 0 amide bonds. The Bertz CT molecular complexity index is 949. The molecule has 4 rings (SSSR count). The molecule has 1 atom stereocenters. The molecule has 0 saturated heterocycles. The Morgan fingerprint density at radius 1 is 1.04 bits per heavy atom. The lowest BCUT2D eigenvalue weighted by molar-refractivity contribution is -0.115. The number of Topliss-reactive ketones (excluding diaryl/α,β-unsaturated/α-hetero) is 2. The van der Waals surface area contributed by atoms with Crippen LogP contribution >= 0.6 is 0 Å². The predicted molar refractivity (Wildman–Crippen MR) is 104 cm³/mol. The molecule has 0 saturated carbocycles. The van der Waals surface area contributed by atoms with Gasteiger partial charge in [0.05, 0.1) is 0 Å². The van der Waals surface area contributed by atoms with Crippen molar-refractivity contribution in [3.8, 4) is 0 Å². The van der Waals surface area contributed by atoms with Crippen LogP contribution in [0.5, 0.6) is 0 Å². The Labute approximate surface area is 159 Å². The van der Waals surface area contributed by atoms with Crippen molar-refractivity contribution in [1.29, 1.82) is 0 Å². The minimum absolute atomic E-state index is 0.0201. The lowest BCUT2D eigenvalue weighted by Crippen LogP contribution is -2.17. The van der Waals surface area contributed by atoms with Gasteiger partial charge in [-0.05, 0) is 62.3 Å². The van der Waals surface area contributed by atoms with Crippen LogP contribution in [0.2, 0.25) is 0 Å². The summed E-state index contributed by atoms with van der Waals surface area (Å²) in [4.78, 5) is 38.1. The van der Waals surface area contributed by atoms with Crippen molar-refractivity contribution in [3.05, 3.63) is 56.8 Å². The van der Waals surface area contributed by atoms with Gasteiger partial charge in [0.2, 0.25) is 0 Å². The summed E-state index contributed by atoms with van der Waals surface area (Å²) in [6.07, 6.45) is 6.12. The minimum atomic E-state index is -0.176. The number of carbonyl (C=O) groups excluding carboxylic acids is 3. The van der Waals surface area contributed by atoms with Crippen molar-refractivity contribution in [3.63, 3.8) is 0 Å². The summed E-state index contributed by atoms with van der Waals surface area (Å²) in [5.41, 5.74) is 6.95. The van der Waals surface area contributed by atoms with Crippen molar-refractivity contribution >= 4 is 17.3 Å². The van der Waals surface area contributed by atoms with Crippen molar-refractivity contribution in [2.45, 2.75) is 58.3 Å². The molecule has 0 bridgehead atoms. The van der Waals surface area contributed by atoms with Crippen LogP contribution in [0.15, 0.2) is 29.0 Å². The third-order valence-electron chi connectivity index (χ3n) is 6.22. The largest absolute Gasteiger partial charge is 0.391 e. The normalized spacial score (nSPS) is 23.7. The summed E-state index contributed by atoms with van der Waals surface area (Å²) in [7, 11) is 1.82. The highest BCUT2D eigenvalue weighted by molar-refractivity contribution is 6.18. The van der Waals surface area contributed by atoms with Gasteiger partial charge in [-0.2, -0.15) is 0 Å². The highest BCUT2D eigenvalue weighted by Crippen LogP contribution is 2.48. The SMILES string of the molecule is CNC(C)=C1C(=O)c2c(cc(C)c3c2CCCC3=O)C1C1=CC(=O)CCC1. The summed E-state index contributed by atoms with van der Waals surface area (Å²) < 4.78 is 0. The molecule has 3 aliphatic carbocycles. The summed E-state index contributed by atoms with van der Waals surface area (Å²) in [5.74, 6) is 0.135. The second-order valence-electron chi connectivity index (χ2n) is 7.88. The minimum Gasteiger partial charge on any atom is -0.391 e. The number of carbonyl (C=O) groups is 3. The topological polar surface area (TPSA) is 63.2 Å². The van der Waals surface area contributed by atoms with Crippen LogP contribution in [0.1, 0.15) is 82.4 Å².